The van der Waals surface area contributed by atoms with E-state index in [-0.39, 0.29) is 11.7 Å². The number of hydrogen-bond acceptors (Lipinski definition) is 7. The molecule has 3 aromatic rings. The van der Waals surface area contributed by atoms with Crippen LogP contribution in [0.4, 0.5) is 5.82 Å². The molecule has 0 aliphatic carbocycles. The molecule has 8 nitrogen and oxygen atoms in total. The Morgan fingerprint density at radius 3 is 2.57 bits per heavy atom. The Labute approximate surface area is 175 Å². The minimum atomic E-state index is -0.163. The molecule has 4 rings (SSSR count). The van der Waals surface area contributed by atoms with Crippen LogP contribution in [-0.2, 0) is 13.0 Å². The highest BCUT2D eigenvalue weighted by atomic mass is 16.2. The molecule has 1 aliphatic rings. The summed E-state index contributed by atoms with van der Waals surface area (Å²) in [7, 11) is 5.50. The first kappa shape index (κ1) is 19.9. The van der Waals surface area contributed by atoms with Crippen LogP contribution in [0.5, 0.6) is 0 Å². The van der Waals surface area contributed by atoms with Gasteiger partial charge in [0.15, 0.2) is 17.3 Å². The Bertz CT molecular complexity index is 1110. The fourth-order valence-corrected chi connectivity index (χ4v) is 3.73. The van der Waals surface area contributed by atoms with Crippen molar-refractivity contribution >= 4 is 11.7 Å². The van der Waals surface area contributed by atoms with Crippen molar-refractivity contribution in [1.82, 2.24) is 29.7 Å². The number of benzene rings is 1. The van der Waals surface area contributed by atoms with Gasteiger partial charge in [-0.1, -0.05) is 0 Å². The molecule has 0 atom stereocenters. The van der Waals surface area contributed by atoms with E-state index in [0.29, 0.717) is 17.1 Å². The monoisotopic (exact) mass is 403 g/mol. The van der Waals surface area contributed by atoms with Gasteiger partial charge in [0.2, 0.25) is 0 Å². The van der Waals surface area contributed by atoms with Gasteiger partial charge in [-0.05, 0) is 49.2 Å². The Kier molecular flexibility index (Phi) is 5.17. The summed E-state index contributed by atoms with van der Waals surface area (Å²) in [4.78, 5) is 33.5. The van der Waals surface area contributed by atoms with Crippen molar-refractivity contribution in [2.24, 2.45) is 0 Å². The molecule has 0 radical (unpaired) electrons. The summed E-state index contributed by atoms with van der Waals surface area (Å²) < 4.78 is 0. The molecular formula is C22H25N7O. The summed E-state index contributed by atoms with van der Waals surface area (Å²) in [6, 6.07) is 4.33. The number of nitrogens with zero attached hydrogens (tertiary/aromatic N) is 6. The Hall–Kier alpha value is -3.39. The summed E-state index contributed by atoms with van der Waals surface area (Å²) in [6.45, 7) is 4.13. The summed E-state index contributed by atoms with van der Waals surface area (Å²) in [5.41, 5.74) is 12.6. The van der Waals surface area contributed by atoms with E-state index in [4.69, 9.17) is 10.7 Å². The van der Waals surface area contributed by atoms with Crippen LogP contribution in [-0.4, -0.2) is 63.3 Å². The molecule has 3 heterocycles. The highest BCUT2D eigenvalue weighted by molar-refractivity contribution is 5.93. The largest absolute Gasteiger partial charge is 0.382 e. The SMILES string of the molecule is Cc1cc(-c2cnc(N)c(-c3ncc(C(=O)N(C)C)cn3)n2)cc2c1CCN(C)C2. The normalized spacial score (nSPS) is 13.7. The molecule has 1 aromatic carbocycles. The lowest BCUT2D eigenvalue weighted by Gasteiger charge is -2.27. The van der Waals surface area contributed by atoms with E-state index in [2.05, 4.69) is 46.0 Å². The van der Waals surface area contributed by atoms with Gasteiger partial charge in [-0.2, -0.15) is 0 Å². The predicted octanol–water partition coefficient (Wildman–Crippen LogP) is 2.18. The van der Waals surface area contributed by atoms with Crippen molar-refractivity contribution < 1.29 is 4.79 Å². The molecular weight excluding hydrogens is 378 g/mol. The predicted molar refractivity (Wildman–Crippen MR) is 116 cm³/mol. The summed E-state index contributed by atoms with van der Waals surface area (Å²) in [5, 5.41) is 0. The number of anilines is 1. The molecule has 0 fully saturated rings. The maximum absolute atomic E-state index is 12.1. The zero-order chi connectivity index (χ0) is 21.4. The van der Waals surface area contributed by atoms with Crippen molar-refractivity contribution in [2.75, 3.05) is 33.4 Å². The topological polar surface area (TPSA) is 101 Å². The zero-order valence-corrected chi connectivity index (χ0v) is 17.7. The van der Waals surface area contributed by atoms with Crippen LogP contribution in [0.15, 0.2) is 30.7 Å². The van der Waals surface area contributed by atoms with Crippen molar-refractivity contribution in [3.05, 3.63) is 53.0 Å². The van der Waals surface area contributed by atoms with Gasteiger partial charge >= 0.3 is 0 Å². The van der Waals surface area contributed by atoms with E-state index in [1.807, 2.05) is 0 Å². The highest BCUT2D eigenvalue weighted by Gasteiger charge is 2.18. The van der Waals surface area contributed by atoms with Gasteiger partial charge in [0.25, 0.3) is 5.91 Å². The first-order valence-electron chi connectivity index (χ1n) is 9.81. The lowest BCUT2D eigenvalue weighted by Crippen LogP contribution is -2.27. The maximum atomic E-state index is 12.1. The summed E-state index contributed by atoms with van der Waals surface area (Å²) in [5.74, 6) is 0.426. The van der Waals surface area contributed by atoms with Crippen molar-refractivity contribution in [2.45, 2.75) is 19.9 Å². The third-order valence-corrected chi connectivity index (χ3v) is 5.36. The van der Waals surface area contributed by atoms with Crippen LogP contribution in [0.2, 0.25) is 0 Å². The summed E-state index contributed by atoms with van der Waals surface area (Å²) >= 11 is 0. The van der Waals surface area contributed by atoms with Gasteiger partial charge in [0.05, 0.1) is 17.5 Å². The number of rotatable bonds is 3. The smallest absolute Gasteiger partial charge is 0.256 e. The second-order valence-corrected chi connectivity index (χ2v) is 7.90. The highest BCUT2D eigenvalue weighted by Crippen LogP contribution is 2.29. The van der Waals surface area contributed by atoms with Gasteiger partial charge in [0, 0.05) is 45.1 Å². The molecule has 1 amide bonds. The number of hydrogen-bond donors (Lipinski definition) is 1. The van der Waals surface area contributed by atoms with Crippen LogP contribution in [0.25, 0.3) is 22.8 Å². The van der Waals surface area contributed by atoms with Crippen LogP contribution in [0.3, 0.4) is 0 Å². The molecule has 0 saturated heterocycles. The van der Waals surface area contributed by atoms with Crippen LogP contribution in [0, 0.1) is 6.92 Å². The average Bonchev–Trinajstić information content (AvgIpc) is 2.73. The molecule has 30 heavy (non-hydrogen) atoms. The fourth-order valence-electron chi connectivity index (χ4n) is 3.73. The van der Waals surface area contributed by atoms with E-state index in [0.717, 1.165) is 30.8 Å². The molecule has 0 spiro atoms. The Balaban J connectivity index is 1.72. The van der Waals surface area contributed by atoms with E-state index in [9.17, 15) is 4.79 Å². The minimum Gasteiger partial charge on any atom is -0.382 e. The third kappa shape index (κ3) is 3.73. The van der Waals surface area contributed by atoms with Crippen LogP contribution >= 0.6 is 0 Å². The maximum Gasteiger partial charge on any atom is 0.256 e. The number of fused-ring (bicyclic) bond motifs is 1. The number of likely N-dealkylation sites (N-methyl/N-ethyl adjacent to an activating group) is 1. The number of aryl methyl sites for hydroxylation is 1. The standard InChI is InChI=1S/C22H25N7O/c1-13-7-14(8-15-12-29(4)6-5-17(13)15)18-11-24-20(23)19(27-18)21-25-9-16(10-26-21)22(30)28(2)3/h7-11H,5-6,12H2,1-4H3,(H2,23,24). The molecule has 154 valence electrons. The number of aromatic nitrogens is 4. The van der Waals surface area contributed by atoms with E-state index in [1.165, 1.54) is 34.0 Å². The number of carbonyl (C=O) groups is 1. The number of nitrogen functional groups attached to an aromatic ring is 1. The van der Waals surface area contributed by atoms with Gasteiger partial charge in [0.1, 0.15) is 0 Å². The lowest BCUT2D eigenvalue weighted by atomic mass is 9.92. The van der Waals surface area contributed by atoms with Gasteiger partial charge < -0.3 is 15.5 Å². The van der Waals surface area contributed by atoms with Gasteiger partial charge in [-0.25, -0.2) is 19.9 Å². The van der Waals surface area contributed by atoms with Crippen molar-refractivity contribution in [3.63, 3.8) is 0 Å². The van der Waals surface area contributed by atoms with E-state index >= 15 is 0 Å². The molecule has 1 aliphatic heterocycles. The Morgan fingerprint density at radius 2 is 1.87 bits per heavy atom. The Morgan fingerprint density at radius 1 is 1.13 bits per heavy atom. The molecule has 8 heteroatoms. The number of carbonyl (C=O) groups excluding carboxylic acids is 1. The lowest BCUT2D eigenvalue weighted by molar-refractivity contribution is 0.0827. The van der Waals surface area contributed by atoms with Gasteiger partial charge in [-0.3, -0.25) is 4.79 Å². The molecule has 0 saturated carbocycles. The quantitative estimate of drug-likeness (QED) is 0.715. The first-order valence-corrected chi connectivity index (χ1v) is 9.81. The van der Waals surface area contributed by atoms with Crippen LogP contribution in [0.1, 0.15) is 27.0 Å². The average molecular weight is 403 g/mol. The van der Waals surface area contributed by atoms with E-state index < -0.39 is 0 Å². The molecule has 0 unspecified atom stereocenters. The first-order chi connectivity index (χ1) is 14.3. The minimum absolute atomic E-state index is 0.163. The number of nitrogens with two attached hydrogens (primary N) is 1. The molecule has 0 bridgehead atoms. The van der Waals surface area contributed by atoms with Crippen molar-refractivity contribution in [1.29, 1.82) is 0 Å². The van der Waals surface area contributed by atoms with Crippen LogP contribution < -0.4 is 5.73 Å². The molecule has 2 aromatic heterocycles. The fraction of sp³-hybridized carbons (Fsp3) is 0.318. The van der Waals surface area contributed by atoms with Gasteiger partial charge in [-0.15, -0.1) is 0 Å². The second kappa shape index (κ2) is 7.79. The second-order valence-electron chi connectivity index (χ2n) is 7.90. The number of amides is 1. The zero-order valence-electron chi connectivity index (χ0n) is 17.7. The summed E-state index contributed by atoms with van der Waals surface area (Å²) in [6.07, 6.45) is 5.70. The third-order valence-electron chi connectivity index (χ3n) is 5.36. The van der Waals surface area contributed by atoms with Crippen molar-refractivity contribution in [3.8, 4) is 22.8 Å². The van der Waals surface area contributed by atoms with E-state index in [1.54, 1.807) is 20.3 Å². The molecule has 2 N–H and O–H groups in total.